The lowest BCUT2D eigenvalue weighted by Gasteiger charge is -2.37. The van der Waals surface area contributed by atoms with Gasteiger partial charge in [-0.05, 0) is 74.1 Å². The minimum absolute atomic E-state index is 0.158. The fourth-order valence-corrected chi connectivity index (χ4v) is 4.70. The first-order chi connectivity index (χ1) is 17.8. The Morgan fingerprint density at radius 3 is 2.76 bits per heavy atom. The van der Waals surface area contributed by atoms with E-state index in [4.69, 9.17) is 4.74 Å². The minimum Gasteiger partial charge on any atom is -0.472 e. The van der Waals surface area contributed by atoms with E-state index < -0.39 is 12.1 Å². The summed E-state index contributed by atoms with van der Waals surface area (Å²) >= 11 is 0. The van der Waals surface area contributed by atoms with E-state index in [9.17, 15) is 19.1 Å². The number of fused-ring (bicyclic) bond motifs is 1. The van der Waals surface area contributed by atoms with Crippen LogP contribution in [-0.2, 0) is 0 Å². The molecule has 9 heteroatoms. The van der Waals surface area contributed by atoms with E-state index in [-0.39, 0.29) is 42.7 Å². The number of nitrogens with one attached hydrogen (secondary N) is 1. The molecule has 2 aromatic rings. The van der Waals surface area contributed by atoms with Crippen molar-refractivity contribution >= 4 is 23.2 Å². The van der Waals surface area contributed by atoms with E-state index in [2.05, 4.69) is 16.4 Å². The quantitative estimate of drug-likeness (QED) is 0.594. The van der Waals surface area contributed by atoms with Crippen LogP contribution in [0.3, 0.4) is 0 Å². The van der Waals surface area contributed by atoms with Crippen molar-refractivity contribution in [3.05, 3.63) is 59.5 Å². The number of pyridine rings is 1. The highest BCUT2D eigenvalue weighted by atomic mass is 19.1. The number of urea groups is 1. The van der Waals surface area contributed by atoms with Gasteiger partial charge in [-0.1, -0.05) is 13.0 Å². The Hall–Kier alpha value is -3.46. The normalized spacial score (nSPS) is 20.6. The number of carbonyl (C=O) groups is 2. The van der Waals surface area contributed by atoms with Crippen molar-refractivity contribution in [1.29, 1.82) is 0 Å². The Morgan fingerprint density at radius 2 is 2.08 bits per heavy atom. The first-order valence-electron chi connectivity index (χ1n) is 12.8. The standard InChI is InChI=1S/C28H35FN4O4/c1-18-15-33(19(2)17-34)27(35)24-13-21(20-7-5-4-6-8-20)14-30-26(24)37-25(18)16-32(3)28(36)31-23-11-9-22(29)10-12-23/h7,9-14,18-19,25,34H,4-6,8,15-17H2,1-3H3,(H,31,36)/t18-,19-,25-/m0/s1. The molecular weight excluding hydrogens is 475 g/mol. The van der Waals surface area contributed by atoms with Crippen molar-refractivity contribution in [2.45, 2.75) is 51.7 Å². The van der Waals surface area contributed by atoms with Gasteiger partial charge < -0.3 is 25.0 Å². The maximum Gasteiger partial charge on any atom is 0.321 e. The zero-order chi connectivity index (χ0) is 26.5. The third-order valence-electron chi connectivity index (χ3n) is 7.08. The number of anilines is 1. The summed E-state index contributed by atoms with van der Waals surface area (Å²) in [6.07, 6.45) is 7.71. The van der Waals surface area contributed by atoms with Crippen molar-refractivity contribution in [3.8, 4) is 5.88 Å². The Kier molecular flexibility index (Phi) is 8.43. The van der Waals surface area contributed by atoms with Gasteiger partial charge in [0.15, 0.2) is 0 Å². The Balaban J connectivity index is 1.59. The second-order valence-corrected chi connectivity index (χ2v) is 9.99. The number of aromatic nitrogens is 1. The summed E-state index contributed by atoms with van der Waals surface area (Å²) in [6, 6.07) is 6.64. The fraction of sp³-hybridized carbons (Fsp3) is 0.464. The van der Waals surface area contributed by atoms with E-state index in [0.717, 1.165) is 31.2 Å². The summed E-state index contributed by atoms with van der Waals surface area (Å²) in [4.78, 5) is 34.1. The molecule has 0 fully saturated rings. The molecule has 3 amide bonds. The molecule has 0 spiro atoms. The van der Waals surface area contributed by atoms with Crippen LogP contribution in [0.1, 0.15) is 55.5 Å². The average Bonchev–Trinajstić information content (AvgIpc) is 2.91. The minimum atomic E-state index is -0.462. The first-order valence-corrected chi connectivity index (χ1v) is 12.8. The molecule has 8 nitrogen and oxygen atoms in total. The molecule has 0 saturated heterocycles. The van der Waals surface area contributed by atoms with Crippen LogP contribution >= 0.6 is 0 Å². The van der Waals surface area contributed by atoms with Gasteiger partial charge in [0.1, 0.15) is 17.5 Å². The van der Waals surface area contributed by atoms with Gasteiger partial charge in [-0.15, -0.1) is 0 Å². The van der Waals surface area contributed by atoms with E-state index in [1.807, 2.05) is 19.9 Å². The van der Waals surface area contributed by atoms with E-state index in [0.29, 0.717) is 17.8 Å². The predicted octanol–water partition coefficient (Wildman–Crippen LogP) is 4.56. The number of aliphatic hydroxyl groups excluding tert-OH is 1. The maximum absolute atomic E-state index is 13.6. The number of amides is 3. The second-order valence-electron chi connectivity index (χ2n) is 9.99. The zero-order valence-corrected chi connectivity index (χ0v) is 21.6. The number of hydrogen-bond donors (Lipinski definition) is 2. The zero-order valence-electron chi connectivity index (χ0n) is 21.6. The summed E-state index contributed by atoms with van der Waals surface area (Å²) in [5.74, 6) is -0.540. The van der Waals surface area contributed by atoms with Gasteiger partial charge in [0, 0.05) is 31.4 Å². The Morgan fingerprint density at radius 1 is 1.32 bits per heavy atom. The third-order valence-corrected chi connectivity index (χ3v) is 7.08. The van der Waals surface area contributed by atoms with Gasteiger partial charge in [0.05, 0.1) is 19.2 Å². The van der Waals surface area contributed by atoms with Crippen LogP contribution in [0.25, 0.3) is 5.57 Å². The largest absolute Gasteiger partial charge is 0.472 e. The number of allylic oxidation sites excluding steroid dienone is 2. The number of hydrogen-bond acceptors (Lipinski definition) is 5. The van der Waals surface area contributed by atoms with Crippen molar-refractivity contribution in [2.24, 2.45) is 5.92 Å². The molecule has 198 valence electrons. The number of halogens is 1. The molecule has 2 N–H and O–H groups in total. The number of likely N-dealkylation sites (N-methyl/N-ethyl adjacent to an activating group) is 1. The number of rotatable bonds is 6. The number of ether oxygens (including phenoxy) is 1. The molecule has 2 heterocycles. The van der Waals surface area contributed by atoms with Crippen LogP contribution in [0.15, 0.2) is 42.6 Å². The first kappa shape index (κ1) is 26.6. The lowest BCUT2D eigenvalue weighted by molar-refractivity contribution is 0.0356. The van der Waals surface area contributed by atoms with E-state index >= 15 is 0 Å². The molecule has 2 aliphatic rings. The van der Waals surface area contributed by atoms with E-state index in [1.165, 1.54) is 34.7 Å². The number of carbonyl (C=O) groups excluding carboxylic acids is 2. The molecule has 1 aromatic heterocycles. The SMILES string of the molecule is C[C@H]1CN([C@@H](C)CO)C(=O)c2cc(C3=CCCCC3)cnc2O[C@H]1CN(C)C(=O)Nc1ccc(F)cc1. The molecule has 1 aliphatic carbocycles. The summed E-state index contributed by atoms with van der Waals surface area (Å²) in [6.45, 7) is 4.18. The summed E-state index contributed by atoms with van der Waals surface area (Å²) in [5, 5.41) is 12.6. The smallest absolute Gasteiger partial charge is 0.321 e. The van der Waals surface area contributed by atoms with Gasteiger partial charge in [0.25, 0.3) is 5.91 Å². The van der Waals surface area contributed by atoms with Crippen LogP contribution in [-0.4, -0.2) is 70.7 Å². The number of nitrogens with zero attached hydrogens (tertiary/aromatic N) is 3. The van der Waals surface area contributed by atoms with Crippen molar-refractivity contribution < 1.29 is 23.8 Å². The molecule has 4 rings (SSSR count). The topological polar surface area (TPSA) is 95.0 Å². The molecule has 1 aliphatic heterocycles. The van der Waals surface area contributed by atoms with Crippen LogP contribution in [0, 0.1) is 11.7 Å². The lowest BCUT2D eigenvalue weighted by Crippen LogP contribution is -2.50. The summed E-state index contributed by atoms with van der Waals surface area (Å²) in [7, 11) is 1.65. The second kappa shape index (κ2) is 11.7. The molecular formula is C28H35FN4O4. The highest BCUT2D eigenvalue weighted by Gasteiger charge is 2.35. The van der Waals surface area contributed by atoms with Crippen LogP contribution in [0.4, 0.5) is 14.9 Å². The number of aliphatic hydroxyl groups is 1. The monoisotopic (exact) mass is 510 g/mol. The molecule has 37 heavy (non-hydrogen) atoms. The average molecular weight is 511 g/mol. The van der Waals surface area contributed by atoms with Crippen molar-refractivity contribution in [2.75, 3.05) is 32.1 Å². The Bertz CT molecular complexity index is 1150. The highest BCUT2D eigenvalue weighted by Crippen LogP contribution is 2.32. The molecule has 0 saturated carbocycles. The maximum atomic E-state index is 13.6. The molecule has 3 atom stereocenters. The van der Waals surface area contributed by atoms with Crippen molar-refractivity contribution in [3.63, 3.8) is 0 Å². The molecule has 0 unspecified atom stereocenters. The van der Waals surface area contributed by atoms with Gasteiger partial charge in [-0.3, -0.25) is 4.79 Å². The van der Waals surface area contributed by atoms with Gasteiger partial charge >= 0.3 is 6.03 Å². The van der Waals surface area contributed by atoms with Crippen molar-refractivity contribution in [1.82, 2.24) is 14.8 Å². The lowest BCUT2D eigenvalue weighted by atomic mass is 9.93. The highest BCUT2D eigenvalue weighted by molar-refractivity contribution is 5.97. The molecule has 0 bridgehead atoms. The van der Waals surface area contributed by atoms with Gasteiger partial charge in [-0.25, -0.2) is 14.2 Å². The predicted molar refractivity (Wildman–Crippen MR) is 140 cm³/mol. The van der Waals surface area contributed by atoms with Gasteiger partial charge in [0.2, 0.25) is 5.88 Å². The molecule has 1 aromatic carbocycles. The fourth-order valence-electron chi connectivity index (χ4n) is 4.70. The van der Waals surface area contributed by atoms with Crippen LogP contribution < -0.4 is 10.1 Å². The summed E-state index contributed by atoms with van der Waals surface area (Å²) < 4.78 is 19.5. The third kappa shape index (κ3) is 6.28. The number of benzene rings is 1. The van der Waals surface area contributed by atoms with Crippen LogP contribution in [0.2, 0.25) is 0 Å². The van der Waals surface area contributed by atoms with Crippen LogP contribution in [0.5, 0.6) is 5.88 Å². The van der Waals surface area contributed by atoms with Gasteiger partial charge in [-0.2, -0.15) is 0 Å². The molecule has 0 radical (unpaired) electrons. The van der Waals surface area contributed by atoms with E-state index in [1.54, 1.807) is 18.1 Å². The summed E-state index contributed by atoms with van der Waals surface area (Å²) in [5.41, 5.74) is 2.93. The Labute approximate surface area is 217 Å².